The molecule has 0 amide bonds. The first-order valence-corrected chi connectivity index (χ1v) is 6.85. The van der Waals surface area contributed by atoms with Gasteiger partial charge in [-0.1, -0.05) is 0 Å². The van der Waals surface area contributed by atoms with Crippen LogP contribution in [0, 0.1) is 13.8 Å². The van der Waals surface area contributed by atoms with Gasteiger partial charge in [-0.2, -0.15) is 0 Å². The van der Waals surface area contributed by atoms with Crippen molar-refractivity contribution in [2.24, 2.45) is 0 Å². The monoisotopic (exact) mass is 260 g/mol. The Kier molecular flexibility index (Phi) is 1.98. The van der Waals surface area contributed by atoms with Gasteiger partial charge >= 0.3 is 95.2 Å². The summed E-state index contributed by atoms with van der Waals surface area (Å²) in [5.41, 5.74) is 2.72. The third-order valence-corrected chi connectivity index (χ3v) is 5.20. The molecule has 1 heteroatoms. The zero-order valence-corrected chi connectivity index (χ0v) is 10.6. The fourth-order valence-electron chi connectivity index (χ4n) is 2.01. The molecule has 74 valence electrons. The molecule has 0 atom stereocenters. The molecule has 0 unspecified atom stereocenters. The van der Waals surface area contributed by atoms with Crippen LogP contribution in [0.25, 0.3) is 19.3 Å². The van der Waals surface area contributed by atoms with Crippen molar-refractivity contribution >= 4 is 33.8 Å². The molecule has 1 heterocycles. The van der Waals surface area contributed by atoms with Crippen molar-refractivity contribution in [3.63, 3.8) is 0 Å². The van der Waals surface area contributed by atoms with Gasteiger partial charge in [0, 0.05) is 0 Å². The average Bonchev–Trinajstić information content (AvgIpc) is 2.56. The van der Waals surface area contributed by atoms with Gasteiger partial charge in [-0.15, -0.1) is 0 Å². The fraction of sp³-hybridized carbons (Fsp3) is 0.143. The summed E-state index contributed by atoms with van der Waals surface area (Å²) in [5, 5.41) is 2.93. The van der Waals surface area contributed by atoms with Crippen LogP contribution in [-0.4, -0.2) is 14.5 Å². The normalized spacial score (nSPS) is 11.3. The van der Waals surface area contributed by atoms with Crippen molar-refractivity contribution in [1.82, 2.24) is 0 Å². The van der Waals surface area contributed by atoms with E-state index in [1.165, 1.54) is 30.4 Å². The number of benzene rings is 2. The second kappa shape index (κ2) is 3.23. The quantitative estimate of drug-likeness (QED) is 0.540. The minimum atomic E-state index is 0.520. The number of rotatable bonds is 0. The summed E-state index contributed by atoms with van der Waals surface area (Å²) in [6.07, 6.45) is 0. The van der Waals surface area contributed by atoms with Crippen LogP contribution in [0.3, 0.4) is 0 Å². The zero-order chi connectivity index (χ0) is 10.4. The molecule has 0 radical (unpaired) electrons. The molecule has 0 nitrogen and oxygen atoms in total. The molecule has 2 aromatic carbocycles. The van der Waals surface area contributed by atoms with Crippen LogP contribution in [0.2, 0.25) is 0 Å². The van der Waals surface area contributed by atoms with Crippen LogP contribution in [0.5, 0.6) is 0 Å². The van der Waals surface area contributed by atoms with Gasteiger partial charge < -0.3 is 0 Å². The summed E-state index contributed by atoms with van der Waals surface area (Å²) in [5.74, 6) is 0. The van der Waals surface area contributed by atoms with Crippen molar-refractivity contribution in [3.8, 4) is 0 Å². The molecule has 0 fully saturated rings. The summed E-state index contributed by atoms with van der Waals surface area (Å²) >= 11 is 0.520. The summed E-state index contributed by atoms with van der Waals surface area (Å²) < 4.78 is 3.07. The van der Waals surface area contributed by atoms with E-state index in [2.05, 4.69) is 50.2 Å². The number of aryl methyl sites for hydroxylation is 2. The van der Waals surface area contributed by atoms with Crippen molar-refractivity contribution in [2.45, 2.75) is 13.8 Å². The van der Waals surface area contributed by atoms with Crippen molar-refractivity contribution in [3.05, 3.63) is 47.5 Å². The van der Waals surface area contributed by atoms with E-state index in [-0.39, 0.29) is 0 Å². The van der Waals surface area contributed by atoms with Gasteiger partial charge in [0.25, 0.3) is 0 Å². The maximum atomic E-state index is 2.32. The predicted octanol–water partition coefficient (Wildman–Crippen LogP) is 3.67. The third kappa shape index (κ3) is 1.43. The van der Waals surface area contributed by atoms with E-state index >= 15 is 0 Å². The minimum absolute atomic E-state index is 0.520. The van der Waals surface area contributed by atoms with Gasteiger partial charge in [-0.3, -0.25) is 0 Å². The molecule has 0 N–H and O–H groups in total. The second-order valence-corrected chi connectivity index (χ2v) is 6.38. The Morgan fingerprint density at radius 2 is 1.20 bits per heavy atom. The number of fused-ring (bicyclic) bond motifs is 3. The van der Waals surface area contributed by atoms with E-state index in [0.717, 1.165) is 0 Å². The first-order valence-electron chi connectivity index (χ1n) is 5.13. The van der Waals surface area contributed by atoms with E-state index < -0.39 is 0 Å². The van der Waals surface area contributed by atoms with Gasteiger partial charge in [0.15, 0.2) is 0 Å². The van der Waals surface area contributed by atoms with Gasteiger partial charge in [-0.25, -0.2) is 0 Å². The van der Waals surface area contributed by atoms with Gasteiger partial charge in [-0.05, 0) is 0 Å². The topological polar surface area (TPSA) is 0 Å². The molecule has 0 saturated carbocycles. The Labute approximate surface area is 95.3 Å². The van der Waals surface area contributed by atoms with Crippen LogP contribution < -0.4 is 0 Å². The van der Waals surface area contributed by atoms with Crippen LogP contribution in [0.15, 0.2) is 36.4 Å². The van der Waals surface area contributed by atoms with Crippen molar-refractivity contribution in [2.75, 3.05) is 0 Å². The first-order chi connectivity index (χ1) is 7.24. The zero-order valence-electron chi connectivity index (χ0n) is 8.87. The Morgan fingerprint density at radius 3 is 1.67 bits per heavy atom. The Morgan fingerprint density at radius 1 is 0.733 bits per heavy atom. The molecule has 3 aromatic rings. The first kappa shape index (κ1) is 9.20. The molecule has 0 aliphatic heterocycles. The summed E-state index contributed by atoms with van der Waals surface area (Å²) in [6, 6.07) is 13.7. The molecule has 0 aliphatic rings. The standard InChI is InChI=1S/C14H12Se/c1-9-3-5-13-11(7-9)12-8-10(2)4-6-14(12)15-13/h3-8H,1-2H3. The van der Waals surface area contributed by atoms with Crippen molar-refractivity contribution < 1.29 is 0 Å². The molecule has 0 saturated heterocycles. The summed E-state index contributed by atoms with van der Waals surface area (Å²) in [6.45, 7) is 4.34. The Bertz CT molecular complexity index is 591. The fourth-order valence-corrected chi connectivity index (χ4v) is 4.24. The third-order valence-electron chi connectivity index (χ3n) is 2.78. The van der Waals surface area contributed by atoms with Crippen LogP contribution >= 0.6 is 0 Å². The summed E-state index contributed by atoms with van der Waals surface area (Å²) in [7, 11) is 0. The van der Waals surface area contributed by atoms with Crippen LogP contribution in [0.1, 0.15) is 11.1 Å². The van der Waals surface area contributed by atoms with Crippen LogP contribution in [0.4, 0.5) is 0 Å². The predicted molar refractivity (Wildman–Crippen MR) is 67.9 cm³/mol. The Hall–Kier alpha value is -1.04. The molecule has 0 spiro atoms. The SMILES string of the molecule is Cc1ccc2[se]c3ccc(C)cc3c2c1. The van der Waals surface area contributed by atoms with Gasteiger partial charge in [0.05, 0.1) is 0 Å². The summed E-state index contributed by atoms with van der Waals surface area (Å²) in [4.78, 5) is 0. The molecule has 3 rings (SSSR count). The number of hydrogen-bond donors (Lipinski definition) is 0. The van der Waals surface area contributed by atoms with E-state index in [9.17, 15) is 0 Å². The molecule has 0 aliphatic carbocycles. The van der Waals surface area contributed by atoms with E-state index in [1.54, 1.807) is 0 Å². The molecular formula is C14H12Se. The number of hydrogen-bond acceptors (Lipinski definition) is 0. The van der Waals surface area contributed by atoms with Gasteiger partial charge in [0.2, 0.25) is 0 Å². The Balaban J connectivity index is 2.55. The van der Waals surface area contributed by atoms with E-state index in [0.29, 0.717) is 14.5 Å². The van der Waals surface area contributed by atoms with Crippen molar-refractivity contribution in [1.29, 1.82) is 0 Å². The molecular weight excluding hydrogens is 247 g/mol. The van der Waals surface area contributed by atoms with E-state index in [1.807, 2.05) is 0 Å². The van der Waals surface area contributed by atoms with Gasteiger partial charge in [0.1, 0.15) is 0 Å². The average molecular weight is 259 g/mol. The molecule has 1 aromatic heterocycles. The second-order valence-electron chi connectivity index (χ2n) is 4.10. The maximum absolute atomic E-state index is 2.32. The van der Waals surface area contributed by atoms with Crippen LogP contribution in [-0.2, 0) is 0 Å². The molecule has 15 heavy (non-hydrogen) atoms. The molecule has 0 bridgehead atoms. The van der Waals surface area contributed by atoms with E-state index in [4.69, 9.17) is 0 Å².